The number of carboxylic acids is 1. The molecule has 7 nitrogen and oxygen atoms in total. The molecule has 1 aromatic rings. The van der Waals surface area contributed by atoms with E-state index in [9.17, 15) is 13.2 Å². The van der Waals surface area contributed by atoms with Crippen LogP contribution < -0.4 is 0 Å². The third kappa shape index (κ3) is 3.41. The maximum Gasteiger partial charge on any atom is 0.335 e. The van der Waals surface area contributed by atoms with Gasteiger partial charge in [0.1, 0.15) is 0 Å². The Hall–Kier alpha value is -1.48. The number of nitrogens with zero attached hydrogens (tertiary/aromatic N) is 1. The summed E-state index contributed by atoms with van der Waals surface area (Å²) in [6.07, 6.45) is -0.917. The molecular weight excluding hydrogens is 298 g/mol. The lowest BCUT2D eigenvalue weighted by Crippen LogP contribution is -2.50. The van der Waals surface area contributed by atoms with Crippen molar-refractivity contribution in [3.63, 3.8) is 0 Å². The van der Waals surface area contributed by atoms with Gasteiger partial charge in [-0.05, 0) is 25.1 Å². The zero-order valence-electron chi connectivity index (χ0n) is 11.5. The molecule has 0 bridgehead atoms. The second-order valence-electron chi connectivity index (χ2n) is 4.91. The number of aromatic carboxylic acids is 1. The summed E-state index contributed by atoms with van der Waals surface area (Å²) in [6, 6.07) is 5.21. The van der Waals surface area contributed by atoms with Crippen molar-refractivity contribution >= 4 is 16.0 Å². The van der Waals surface area contributed by atoms with Crippen LogP contribution in [0.1, 0.15) is 17.3 Å². The number of carbonyl (C=O) groups is 1. The van der Waals surface area contributed by atoms with E-state index in [1.54, 1.807) is 6.92 Å². The average Bonchev–Trinajstić information content (AvgIpc) is 2.46. The monoisotopic (exact) mass is 315 g/mol. The van der Waals surface area contributed by atoms with E-state index in [1.165, 1.54) is 22.5 Å². The molecule has 1 aromatic carbocycles. The maximum absolute atomic E-state index is 12.6. The smallest absolute Gasteiger partial charge is 0.335 e. The van der Waals surface area contributed by atoms with Gasteiger partial charge < -0.3 is 14.9 Å². The van der Waals surface area contributed by atoms with Gasteiger partial charge in [-0.2, -0.15) is 4.31 Å². The van der Waals surface area contributed by atoms with Gasteiger partial charge in [0.15, 0.2) is 0 Å². The van der Waals surface area contributed by atoms with Crippen molar-refractivity contribution in [2.75, 3.05) is 19.7 Å². The van der Waals surface area contributed by atoms with E-state index in [0.717, 1.165) is 6.07 Å². The van der Waals surface area contributed by atoms with Crippen LogP contribution in [0.4, 0.5) is 0 Å². The van der Waals surface area contributed by atoms with E-state index in [1.807, 2.05) is 0 Å². The van der Waals surface area contributed by atoms with Crippen LogP contribution >= 0.6 is 0 Å². The minimum Gasteiger partial charge on any atom is -0.478 e. The van der Waals surface area contributed by atoms with E-state index in [0.29, 0.717) is 0 Å². The lowest BCUT2D eigenvalue weighted by atomic mass is 10.2. The highest BCUT2D eigenvalue weighted by Gasteiger charge is 2.33. The molecule has 0 amide bonds. The molecule has 8 heteroatoms. The molecule has 1 heterocycles. The molecule has 0 aliphatic carbocycles. The van der Waals surface area contributed by atoms with Gasteiger partial charge in [0, 0.05) is 13.1 Å². The number of sulfonamides is 1. The van der Waals surface area contributed by atoms with Crippen molar-refractivity contribution in [2.45, 2.75) is 24.0 Å². The number of aliphatic hydroxyl groups is 1. The molecule has 1 aliphatic rings. The number of aliphatic hydroxyl groups excluding tert-OH is 1. The third-order valence-electron chi connectivity index (χ3n) is 3.22. The zero-order chi connectivity index (χ0) is 15.6. The SMILES string of the molecule is CC1CN(S(=O)(=O)c2cccc(C(=O)O)c2)CC(CO)O1. The molecule has 2 unspecified atom stereocenters. The van der Waals surface area contributed by atoms with E-state index in [4.69, 9.17) is 14.9 Å². The van der Waals surface area contributed by atoms with Crippen molar-refractivity contribution in [1.82, 2.24) is 4.31 Å². The van der Waals surface area contributed by atoms with E-state index in [-0.39, 0.29) is 36.3 Å². The lowest BCUT2D eigenvalue weighted by Gasteiger charge is -2.35. The van der Waals surface area contributed by atoms with Crippen LogP contribution in [0.3, 0.4) is 0 Å². The Balaban J connectivity index is 2.33. The van der Waals surface area contributed by atoms with Gasteiger partial charge in [-0.3, -0.25) is 0 Å². The van der Waals surface area contributed by atoms with Crippen LogP contribution in [0.5, 0.6) is 0 Å². The Bertz CT molecular complexity index is 629. The second kappa shape index (κ2) is 6.10. The zero-order valence-corrected chi connectivity index (χ0v) is 12.3. The molecule has 0 saturated carbocycles. The number of hydrogen-bond donors (Lipinski definition) is 2. The summed E-state index contributed by atoms with van der Waals surface area (Å²) >= 11 is 0. The standard InChI is InChI=1S/C13H17NO6S/c1-9-6-14(7-11(8-15)20-9)21(18,19)12-4-2-3-10(5-12)13(16)17/h2-5,9,11,15H,6-8H2,1H3,(H,16,17). The fourth-order valence-corrected chi connectivity index (χ4v) is 3.83. The van der Waals surface area contributed by atoms with Crippen LogP contribution in [0.15, 0.2) is 29.2 Å². The summed E-state index contributed by atoms with van der Waals surface area (Å²) < 4.78 is 31.7. The molecule has 116 valence electrons. The first-order valence-corrected chi connectivity index (χ1v) is 7.88. The van der Waals surface area contributed by atoms with E-state index in [2.05, 4.69) is 0 Å². The predicted molar refractivity (Wildman–Crippen MR) is 73.6 cm³/mol. The predicted octanol–water partition coefficient (Wildman–Crippen LogP) is 0.155. The summed E-state index contributed by atoms with van der Waals surface area (Å²) in [5.41, 5.74) is -0.0870. The first-order chi connectivity index (χ1) is 9.84. The van der Waals surface area contributed by atoms with Gasteiger partial charge in [-0.1, -0.05) is 6.07 Å². The highest BCUT2D eigenvalue weighted by Crippen LogP contribution is 2.21. The molecule has 2 N–H and O–H groups in total. The van der Waals surface area contributed by atoms with Gasteiger partial charge in [-0.25, -0.2) is 13.2 Å². The minimum atomic E-state index is -3.82. The normalized spacial score (nSPS) is 23.9. The molecule has 2 atom stereocenters. The van der Waals surface area contributed by atoms with Gasteiger partial charge in [-0.15, -0.1) is 0 Å². The average molecular weight is 315 g/mol. The van der Waals surface area contributed by atoms with Crippen molar-refractivity contribution in [3.05, 3.63) is 29.8 Å². The second-order valence-corrected chi connectivity index (χ2v) is 6.84. The first-order valence-electron chi connectivity index (χ1n) is 6.44. The quantitative estimate of drug-likeness (QED) is 0.820. The van der Waals surface area contributed by atoms with Crippen LogP contribution in [-0.2, 0) is 14.8 Å². The Kier molecular flexibility index (Phi) is 4.62. The lowest BCUT2D eigenvalue weighted by molar-refractivity contribution is -0.0750. The van der Waals surface area contributed by atoms with Crippen LogP contribution in [-0.4, -0.2) is 60.8 Å². The Morgan fingerprint density at radius 1 is 1.43 bits per heavy atom. The van der Waals surface area contributed by atoms with Crippen LogP contribution in [0, 0.1) is 0 Å². The van der Waals surface area contributed by atoms with Gasteiger partial charge in [0.2, 0.25) is 10.0 Å². The Morgan fingerprint density at radius 3 is 2.76 bits per heavy atom. The number of morpholine rings is 1. The molecular formula is C13H17NO6S. The summed E-state index contributed by atoms with van der Waals surface area (Å²) in [4.78, 5) is 10.9. The molecule has 1 fully saturated rings. The minimum absolute atomic E-state index is 0.0421. The Labute approximate surface area is 122 Å². The van der Waals surface area contributed by atoms with Crippen molar-refractivity contribution in [3.8, 4) is 0 Å². The van der Waals surface area contributed by atoms with Gasteiger partial charge >= 0.3 is 5.97 Å². The van der Waals surface area contributed by atoms with Crippen molar-refractivity contribution in [2.24, 2.45) is 0 Å². The number of ether oxygens (including phenoxy) is 1. The van der Waals surface area contributed by atoms with Gasteiger partial charge in [0.05, 0.1) is 29.3 Å². The third-order valence-corrected chi connectivity index (χ3v) is 5.04. The first kappa shape index (κ1) is 15.9. The molecule has 0 spiro atoms. The number of carboxylic acid groups (broad SMARTS) is 1. The van der Waals surface area contributed by atoms with Crippen molar-refractivity contribution in [1.29, 1.82) is 0 Å². The molecule has 1 saturated heterocycles. The highest BCUT2D eigenvalue weighted by atomic mass is 32.2. The van der Waals surface area contributed by atoms with E-state index < -0.39 is 22.1 Å². The summed E-state index contributed by atoms with van der Waals surface area (Å²) in [7, 11) is -3.82. The van der Waals surface area contributed by atoms with Crippen LogP contribution in [0.2, 0.25) is 0 Å². The largest absolute Gasteiger partial charge is 0.478 e. The Morgan fingerprint density at radius 2 is 2.14 bits per heavy atom. The number of rotatable bonds is 4. The number of benzene rings is 1. The molecule has 1 aliphatic heterocycles. The van der Waals surface area contributed by atoms with E-state index >= 15 is 0 Å². The molecule has 0 aromatic heterocycles. The summed E-state index contributed by atoms with van der Waals surface area (Å²) in [5.74, 6) is -1.18. The molecule has 0 radical (unpaired) electrons. The molecule has 2 rings (SSSR count). The summed E-state index contributed by atoms with van der Waals surface area (Å²) in [6.45, 7) is 1.65. The highest BCUT2D eigenvalue weighted by molar-refractivity contribution is 7.89. The summed E-state index contributed by atoms with van der Waals surface area (Å²) in [5, 5.41) is 18.1. The van der Waals surface area contributed by atoms with Crippen molar-refractivity contribution < 1.29 is 28.2 Å². The molecule has 21 heavy (non-hydrogen) atoms. The fraction of sp³-hybridized carbons (Fsp3) is 0.462. The number of hydrogen-bond acceptors (Lipinski definition) is 5. The fourth-order valence-electron chi connectivity index (χ4n) is 2.24. The van der Waals surface area contributed by atoms with Crippen LogP contribution in [0.25, 0.3) is 0 Å². The maximum atomic E-state index is 12.6. The van der Waals surface area contributed by atoms with Gasteiger partial charge in [0.25, 0.3) is 0 Å². The topological polar surface area (TPSA) is 104 Å².